The van der Waals surface area contributed by atoms with Crippen LogP contribution in [0.25, 0.3) is 0 Å². The van der Waals surface area contributed by atoms with Gasteiger partial charge in [0.05, 0.1) is 20.8 Å². The highest BCUT2D eigenvalue weighted by Crippen LogP contribution is 2.10. The second-order valence-electron chi connectivity index (χ2n) is 6.69. The third kappa shape index (κ3) is 8.73. The van der Waals surface area contributed by atoms with Gasteiger partial charge in [0.15, 0.2) is 0 Å². The van der Waals surface area contributed by atoms with Crippen molar-refractivity contribution in [1.29, 1.82) is 0 Å². The lowest BCUT2D eigenvalue weighted by Gasteiger charge is -2.19. The normalized spacial score (nSPS) is 11.5. The predicted octanol–water partition coefficient (Wildman–Crippen LogP) is 4.14. The molecule has 8 nitrogen and oxygen atoms in total. The number of ether oxygens (including phenoxy) is 2. The van der Waals surface area contributed by atoms with Crippen LogP contribution in [0.4, 0.5) is 9.59 Å². The fourth-order valence-corrected chi connectivity index (χ4v) is 3.83. The molecule has 0 bridgehead atoms. The number of nitrogens with zero attached hydrogens (tertiary/aromatic N) is 2. The van der Waals surface area contributed by atoms with E-state index in [0.29, 0.717) is 25.8 Å². The average molecular weight is 461 g/mol. The van der Waals surface area contributed by atoms with E-state index in [9.17, 15) is 9.59 Å². The van der Waals surface area contributed by atoms with Crippen molar-refractivity contribution in [2.75, 3.05) is 6.54 Å². The zero-order valence-corrected chi connectivity index (χ0v) is 18.5. The van der Waals surface area contributed by atoms with Gasteiger partial charge < -0.3 is 20.1 Å². The van der Waals surface area contributed by atoms with Gasteiger partial charge in [-0.25, -0.2) is 9.59 Å². The van der Waals surface area contributed by atoms with Crippen LogP contribution >= 0.6 is 22.7 Å². The molecule has 2 heterocycles. The highest BCUT2D eigenvalue weighted by atomic mass is 32.1. The predicted molar refractivity (Wildman–Crippen MR) is 119 cm³/mol. The van der Waals surface area contributed by atoms with Crippen LogP contribution in [0.2, 0.25) is 0 Å². The summed E-state index contributed by atoms with van der Waals surface area (Å²) in [4.78, 5) is 33.7. The molecule has 0 fully saturated rings. The van der Waals surface area contributed by atoms with Gasteiger partial charge in [-0.1, -0.05) is 30.3 Å². The minimum absolute atomic E-state index is 0.119. The molecule has 0 aliphatic carbocycles. The van der Waals surface area contributed by atoms with Crippen molar-refractivity contribution in [2.24, 2.45) is 0 Å². The molecule has 1 unspecified atom stereocenters. The zero-order chi connectivity index (χ0) is 21.7. The van der Waals surface area contributed by atoms with Crippen molar-refractivity contribution in [2.45, 2.75) is 38.5 Å². The Kier molecular flexibility index (Phi) is 9.27. The maximum Gasteiger partial charge on any atom is 0.407 e. The molecule has 10 heteroatoms. The molecule has 3 aromatic rings. The molecule has 2 aromatic heterocycles. The van der Waals surface area contributed by atoms with Gasteiger partial charge in [-0.05, 0) is 24.8 Å². The highest BCUT2D eigenvalue weighted by molar-refractivity contribution is 7.09. The van der Waals surface area contributed by atoms with Gasteiger partial charge in [-0.2, -0.15) is 0 Å². The van der Waals surface area contributed by atoms with Crippen molar-refractivity contribution in [1.82, 2.24) is 20.6 Å². The molecule has 164 valence electrons. The van der Waals surface area contributed by atoms with Crippen molar-refractivity contribution < 1.29 is 19.1 Å². The number of benzene rings is 1. The van der Waals surface area contributed by atoms with Gasteiger partial charge in [-0.3, -0.25) is 9.97 Å². The van der Waals surface area contributed by atoms with Crippen LogP contribution in [0.15, 0.2) is 53.7 Å². The molecule has 1 atom stereocenters. The Morgan fingerprint density at radius 2 is 1.58 bits per heavy atom. The Morgan fingerprint density at radius 1 is 0.935 bits per heavy atom. The average Bonchev–Trinajstić information content (AvgIpc) is 3.49. The molecule has 0 saturated heterocycles. The summed E-state index contributed by atoms with van der Waals surface area (Å²) in [6, 6.07) is 9.81. The lowest BCUT2D eigenvalue weighted by Crippen LogP contribution is -2.37. The SMILES string of the molecule is O=C(NCCCC(Cc1ccccc1)NC(=O)OCc1cncs1)OCc1cncs1. The number of carbonyl (C=O) groups is 2. The van der Waals surface area contributed by atoms with Crippen LogP contribution in [0.3, 0.4) is 0 Å². The number of amides is 2. The maximum atomic E-state index is 12.2. The third-order valence-electron chi connectivity index (χ3n) is 4.30. The molecule has 0 radical (unpaired) electrons. The molecule has 0 aliphatic heterocycles. The Labute approximate surface area is 188 Å². The van der Waals surface area contributed by atoms with Gasteiger partial charge in [0.25, 0.3) is 0 Å². The third-order valence-corrected chi connectivity index (χ3v) is 5.81. The van der Waals surface area contributed by atoms with E-state index < -0.39 is 12.2 Å². The zero-order valence-electron chi connectivity index (χ0n) is 16.9. The first-order chi connectivity index (χ1) is 15.2. The summed E-state index contributed by atoms with van der Waals surface area (Å²) in [5, 5.41) is 5.67. The minimum Gasteiger partial charge on any atom is -0.444 e. The van der Waals surface area contributed by atoms with Crippen molar-refractivity contribution in [3.63, 3.8) is 0 Å². The van der Waals surface area contributed by atoms with Crippen LogP contribution in [-0.4, -0.2) is 34.7 Å². The Hall–Kier alpha value is -2.98. The summed E-state index contributed by atoms with van der Waals surface area (Å²) >= 11 is 2.87. The summed E-state index contributed by atoms with van der Waals surface area (Å²) in [5.41, 5.74) is 4.51. The van der Waals surface area contributed by atoms with E-state index in [0.717, 1.165) is 15.3 Å². The first kappa shape index (κ1) is 22.7. The Morgan fingerprint density at radius 3 is 2.19 bits per heavy atom. The molecule has 0 aliphatic rings. The van der Waals surface area contributed by atoms with E-state index in [1.807, 2.05) is 30.3 Å². The van der Waals surface area contributed by atoms with Gasteiger partial charge in [-0.15, -0.1) is 22.7 Å². The number of carbonyl (C=O) groups excluding carboxylic acids is 2. The molecule has 2 N–H and O–H groups in total. The van der Waals surface area contributed by atoms with E-state index in [-0.39, 0.29) is 19.3 Å². The topological polar surface area (TPSA) is 102 Å². The maximum absolute atomic E-state index is 12.2. The first-order valence-corrected chi connectivity index (χ1v) is 11.6. The van der Waals surface area contributed by atoms with E-state index >= 15 is 0 Å². The summed E-state index contributed by atoms with van der Waals surface area (Å²) in [6.45, 7) is 0.854. The summed E-state index contributed by atoms with van der Waals surface area (Å²) < 4.78 is 10.4. The second kappa shape index (κ2) is 12.7. The molecular weight excluding hydrogens is 436 g/mol. The Bertz CT molecular complexity index is 905. The van der Waals surface area contributed by atoms with Crippen LogP contribution in [0.1, 0.15) is 28.2 Å². The van der Waals surface area contributed by atoms with E-state index in [1.54, 1.807) is 23.4 Å². The van der Waals surface area contributed by atoms with Gasteiger partial charge in [0, 0.05) is 25.0 Å². The number of hydrogen-bond donors (Lipinski definition) is 2. The Balaban J connectivity index is 1.41. The smallest absolute Gasteiger partial charge is 0.407 e. The second-order valence-corrected chi connectivity index (χ2v) is 8.63. The van der Waals surface area contributed by atoms with E-state index in [4.69, 9.17) is 9.47 Å². The summed E-state index contributed by atoms with van der Waals surface area (Å²) in [7, 11) is 0. The molecule has 31 heavy (non-hydrogen) atoms. The highest BCUT2D eigenvalue weighted by Gasteiger charge is 2.15. The lowest BCUT2D eigenvalue weighted by atomic mass is 10.0. The number of aromatic nitrogens is 2. The van der Waals surface area contributed by atoms with Crippen LogP contribution in [-0.2, 0) is 29.1 Å². The summed E-state index contributed by atoms with van der Waals surface area (Å²) in [6.07, 6.45) is 4.45. The van der Waals surface area contributed by atoms with Gasteiger partial charge in [0.1, 0.15) is 13.2 Å². The molecule has 0 saturated carbocycles. The number of nitrogens with one attached hydrogen (secondary N) is 2. The lowest BCUT2D eigenvalue weighted by molar-refractivity contribution is 0.134. The minimum atomic E-state index is -0.468. The van der Waals surface area contributed by atoms with Crippen molar-refractivity contribution in [3.05, 3.63) is 69.1 Å². The molecule has 0 spiro atoms. The molecule has 3 rings (SSSR count). The number of rotatable bonds is 11. The summed E-state index contributed by atoms with van der Waals surface area (Å²) in [5.74, 6) is 0. The number of thiazole rings is 2. The van der Waals surface area contributed by atoms with Crippen LogP contribution in [0.5, 0.6) is 0 Å². The van der Waals surface area contributed by atoms with Crippen LogP contribution < -0.4 is 10.6 Å². The number of alkyl carbamates (subject to hydrolysis) is 2. The van der Waals surface area contributed by atoms with Crippen molar-refractivity contribution >= 4 is 34.9 Å². The van der Waals surface area contributed by atoms with Crippen LogP contribution in [0, 0.1) is 0 Å². The fourth-order valence-electron chi connectivity index (χ4n) is 2.82. The van der Waals surface area contributed by atoms with E-state index in [2.05, 4.69) is 20.6 Å². The van der Waals surface area contributed by atoms with Gasteiger partial charge >= 0.3 is 12.2 Å². The molecule has 1 aromatic carbocycles. The first-order valence-electron chi connectivity index (χ1n) is 9.81. The van der Waals surface area contributed by atoms with Gasteiger partial charge in [0.2, 0.25) is 0 Å². The number of hydrogen-bond acceptors (Lipinski definition) is 8. The fraction of sp³-hybridized carbons (Fsp3) is 0.333. The molecular formula is C21H24N4O4S2. The largest absolute Gasteiger partial charge is 0.444 e. The standard InChI is InChI=1S/C21H24N4O4S2/c26-20(28-12-18-10-22-14-30-18)24-8-4-7-17(9-16-5-2-1-3-6-16)25-21(27)29-13-19-11-23-15-31-19/h1-3,5-6,10-11,14-15,17H,4,7-9,12-13H2,(H,24,26)(H,25,27). The monoisotopic (exact) mass is 460 g/mol. The van der Waals surface area contributed by atoms with Crippen molar-refractivity contribution in [3.8, 4) is 0 Å². The quantitative estimate of drug-likeness (QED) is 0.417. The van der Waals surface area contributed by atoms with E-state index in [1.165, 1.54) is 22.7 Å². The molecule has 2 amide bonds.